The smallest absolute Gasteiger partial charge is 0.345 e. The monoisotopic (exact) mass is 253 g/mol. The van der Waals surface area contributed by atoms with Crippen molar-refractivity contribution in [3.8, 4) is 0 Å². The Balaban J connectivity index is 1.93. The van der Waals surface area contributed by atoms with Crippen molar-refractivity contribution in [1.29, 1.82) is 0 Å². The number of aromatic carboxylic acids is 1. The largest absolute Gasteiger partial charge is 0.477 e. The lowest BCUT2D eigenvalue weighted by atomic mass is 9.93. The molecular formula is C13H19NO2S. The van der Waals surface area contributed by atoms with Gasteiger partial charge in [-0.15, -0.1) is 11.3 Å². The number of rotatable bonds is 4. The molecule has 0 atom stereocenters. The molecule has 0 spiro atoms. The van der Waals surface area contributed by atoms with Gasteiger partial charge in [0.05, 0.1) is 5.00 Å². The molecule has 0 unspecified atom stereocenters. The zero-order valence-corrected chi connectivity index (χ0v) is 11.0. The highest BCUT2D eigenvalue weighted by molar-refractivity contribution is 7.17. The number of hydrogen-bond donors (Lipinski definition) is 1. The van der Waals surface area contributed by atoms with Crippen LogP contribution in [0.5, 0.6) is 0 Å². The van der Waals surface area contributed by atoms with E-state index >= 15 is 0 Å². The van der Waals surface area contributed by atoms with E-state index in [2.05, 4.69) is 11.8 Å². The number of thiophene rings is 1. The normalized spacial score (nSPS) is 17.4. The molecule has 1 N–H and O–H groups in total. The van der Waals surface area contributed by atoms with Gasteiger partial charge < -0.3 is 10.0 Å². The molecule has 1 aliphatic heterocycles. The van der Waals surface area contributed by atoms with Crippen molar-refractivity contribution in [2.24, 2.45) is 5.92 Å². The van der Waals surface area contributed by atoms with Gasteiger partial charge >= 0.3 is 5.97 Å². The van der Waals surface area contributed by atoms with E-state index in [4.69, 9.17) is 5.11 Å². The number of carboxylic acid groups (broad SMARTS) is 1. The van der Waals surface area contributed by atoms with Crippen molar-refractivity contribution >= 4 is 22.3 Å². The van der Waals surface area contributed by atoms with E-state index in [0.717, 1.165) is 24.0 Å². The number of hydrogen-bond acceptors (Lipinski definition) is 3. The molecule has 0 radical (unpaired) electrons. The topological polar surface area (TPSA) is 40.5 Å². The van der Waals surface area contributed by atoms with E-state index in [0.29, 0.717) is 4.88 Å². The predicted molar refractivity (Wildman–Crippen MR) is 71.1 cm³/mol. The number of nitrogens with zero attached hydrogens (tertiary/aromatic N) is 1. The molecule has 17 heavy (non-hydrogen) atoms. The summed E-state index contributed by atoms with van der Waals surface area (Å²) < 4.78 is 0. The highest BCUT2D eigenvalue weighted by atomic mass is 32.1. The lowest BCUT2D eigenvalue weighted by Gasteiger charge is -2.32. The maximum atomic E-state index is 10.8. The Hall–Kier alpha value is -1.03. The SMILES string of the molecule is CCCC1CCN(c2ccc(C(=O)O)s2)CC1. The fourth-order valence-electron chi connectivity index (χ4n) is 2.46. The average molecular weight is 253 g/mol. The Labute approximate surface area is 106 Å². The van der Waals surface area contributed by atoms with Crippen LogP contribution >= 0.6 is 11.3 Å². The van der Waals surface area contributed by atoms with Crippen LogP contribution in [0.25, 0.3) is 0 Å². The van der Waals surface area contributed by atoms with Crippen LogP contribution in [0.1, 0.15) is 42.3 Å². The minimum absolute atomic E-state index is 0.440. The highest BCUT2D eigenvalue weighted by Gasteiger charge is 2.20. The van der Waals surface area contributed by atoms with Crippen molar-refractivity contribution in [3.63, 3.8) is 0 Å². The van der Waals surface area contributed by atoms with Crippen LogP contribution in [0, 0.1) is 5.92 Å². The molecule has 0 amide bonds. The van der Waals surface area contributed by atoms with Gasteiger partial charge in [-0.25, -0.2) is 4.79 Å². The van der Waals surface area contributed by atoms with Crippen molar-refractivity contribution in [2.75, 3.05) is 18.0 Å². The third-order valence-corrected chi connectivity index (χ3v) is 4.56. The van der Waals surface area contributed by atoms with Gasteiger partial charge in [0.1, 0.15) is 4.88 Å². The lowest BCUT2D eigenvalue weighted by Crippen LogP contribution is -2.32. The zero-order chi connectivity index (χ0) is 12.3. The van der Waals surface area contributed by atoms with Crippen LogP contribution < -0.4 is 4.90 Å². The summed E-state index contributed by atoms with van der Waals surface area (Å²) in [6.45, 7) is 4.39. The standard InChI is InChI=1S/C13H19NO2S/c1-2-3-10-6-8-14(9-7-10)12-5-4-11(17-12)13(15)16/h4-5,10H,2-3,6-9H2,1H3,(H,15,16). The molecule has 2 rings (SSSR count). The van der Waals surface area contributed by atoms with Crippen LogP contribution in [0.15, 0.2) is 12.1 Å². The van der Waals surface area contributed by atoms with Gasteiger partial charge in [-0.1, -0.05) is 19.8 Å². The minimum Gasteiger partial charge on any atom is -0.477 e. The summed E-state index contributed by atoms with van der Waals surface area (Å²) in [7, 11) is 0. The highest BCUT2D eigenvalue weighted by Crippen LogP contribution is 2.31. The molecule has 1 aromatic rings. The summed E-state index contributed by atoms with van der Waals surface area (Å²) in [6, 6.07) is 3.65. The Kier molecular flexibility index (Phi) is 4.05. The molecule has 2 heterocycles. The van der Waals surface area contributed by atoms with E-state index < -0.39 is 5.97 Å². The lowest BCUT2D eigenvalue weighted by molar-refractivity contribution is 0.0702. The fraction of sp³-hybridized carbons (Fsp3) is 0.615. The van der Waals surface area contributed by atoms with Crippen LogP contribution in [-0.2, 0) is 0 Å². The molecule has 0 aromatic carbocycles. The maximum Gasteiger partial charge on any atom is 0.345 e. The number of carbonyl (C=O) groups is 1. The summed E-state index contributed by atoms with van der Waals surface area (Å²) in [6.07, 6.45) is 5.09. The molecule has 3 nitrogen and oxygen atoms in total. The first kappa shape index (κ1) is 12.4. The second-order valence-electron chi connectivity index (χ2n) is 4.66. The second kappa shape index (κ2) is 5.54. The Bertz CT molecular complexity index is 381. The molecule has 1 fully saturated rings. The first-order chi connectivity index (χ1) is 8.20. The molecule has 94 valence electrons. The number of carboxylic acids is 1. The van der Waals surface area contributed by atoms with E-state index in [1.165, 1.54) is 37.0 Å². The van der Waals surface area contributed by atoms with Crippen molar-refractivity contribution in [3.05, 3.63) is 17.0 Å². The van der Waals surface area contributed by atoms with Gasteiger partial charge in [0, 0.05) is 13.1 Å². The van der Waals surface area contributed by atoms with Crippen molar-refractivity contribution in [1.82, 2.24) is 0 Å². The van der Waals surface area contributed by atoms with Gasteiger partial charge in [0.15, 0.2) is 0 Å². The summed E-state index contributed by atoms with van der Waals surface area (Å²) in [4.78, 5) is 13.6. The van der Waals surface area contributed by atoms with Crippen LogP contribution in [0.3, 0.4) is 0 Å². The number of anilines is 1. The van der Waals surface area contributed by atoms with E-state index in [1.54, 1.807) is 6.07 Å². The quantitative estimate of drug-likeness (QED) is 0.893. The molecular weight excluding hydrogens is 234 g/mol. The first-order valence-corrected chi connectivity index (χ1v) is 7.10. The third kappa shape index (κ3) is 3.00. The molecule has 4 heteroatoms. The minimum atomic E-state index is -0.817. The van der Waals surface area contributed by atoms with E-state index in [-0.39, 0.29) is 0 Å². The zero-order valence-electron chi connectivity index (χ0n) is 10.2. The maximum absolute atomic E-state index is 10.8. The van der Waals surface area contributed by atoms with Gasteiger partial charge in [0.25, 0.3) is 0 Å². The Morgan fingerprint density at radius 3 is 2.71 bits per heavy atom. The van der Waals surface area contributed by atoms with Gasteiger partial charge in [-0.2, -0.15) is 0 Å². The fourth-order valence-corrected chi connectivity index (χ4v) is 3.36. The van der Waals surface area contributed by atoms with Crippen LogP contribution in [0.4, 0.5) is 5.00 Å². The van der Waals surface area contributed by atoms with Gasteiger partial charge in [-0.05, 0) is 30.9 Å². The first-order valence-electron chi connectivity index (χ1n) is 6.28. The summed E-state index contributed by atoms with van der Waals surface area (Å²) >= 11 is 1.39. The average Bonchev–Trinajstić information content (AvgIpc) is 2.80. The molecule has 1 aliphatic rings. The second-order valence-corrected chi connectivity index (χ2v) is 5.72. The van der Waals surface area contributed by atoms with Crippen LogP contribution in [-0.4, -0.2) is 24.2 Å². The molecule has 0 aliphatic carbocycles. The van der Waals surface area contributed by atoms with E-state index in [9.17, 15) is 4.79 Å². The number of piperidine rings is 1. The third-order valence-electron chi connectivity index (χ3n) is 3.43. The van der Waals surface area contributed by atoms with Gasteiger partial charge in [-0.3, -0.25) is 0 Å². The molecule has 1 aromatic heterocycles. The summed E-state index contributed by atoms with van der Waals surface area (Å²) in [5.41, 5.74) is 0. The molecule has 1 saturated heterocycles. The summed E-state index contributed by atoms with van der Waals surface area (Å²) in [5.74, 6) is 0.0530. The van der Waals surface area contributed by atoms with Crippen LogP contribution in [0.2, 0.25) is 0 Å². The van der Waals surface area contributed by atoms with Crippen molar-refractivity contribution in [2.45, 2.75) is 32.6 Å². The molecule has 0 bridgehead atoms. The Morgan fingerprint density at radius 2 is 2.18 bits per heavy atom. The molecule has 0 saturated carbocycles. The predicted octanol–water partition coefficient (Wildman–Crippen LogP) is 3.46. The van der Waals surface area contributed by atoms with E-state index in [1.807, 2.05) is 6.07 Å². The van der Waals surface area contributed by atoms with Gasteiger partial charge in [0.2, 0.25) is 0 Å². The Morgan fingerprint density at radius 1 is 1.47 bits per heavy atom. The van der Waals surface area contributed by atoms with Crippen molar-refractivity contribution < 1.29 is 9.90 Å². The summed E-state index contributed by atoms with van der Waals surface area (Å²) in [5, 5.41) is 10.0.